The maximum absolute atomic E-state index is 13.5. The van der Waals surface area contributed by atoms with Gasteiger partial charge in [-0.25, -0.2) is 9.97 Å². The molecule has 40 heavy (non-hydrogen) atoms. The number of nitrogens with zero attached hydrogens (tertiary/aromatic N) is 7. The van der Waals surface area contributed by atoms with Crippen LogP contribution >= 0.6 is 0 Å². The number of anilines is 2. The van der Waals surface area contributed by atoms with Gasteiger partial charge >= 0.3 is 0 Å². The smallest absolute Gasteiger partial charge is 0.254 e. The molecular weight excluding hydrogens is 502 g/mol. The van der Waals surface area contributed by atoms with Gasteiger partial charge < -0.3 is 24.2 Å². The molecule has 2 aliphatic heterocycles. The van der Waals surface area contributed by atoms with Crippen LogP contribution in [0.15, 0.2) is 67.1 Å². The molecule has 0 unspecified atom stereocenters. The number of pyridine rings is 1. The first-order valence-corrected chi connectivity index (χ1v) is 13.9. The summed E-state index contributed by atoms with van der Waals surface area (Å²) in [5.74, 6) is 0.137. The van der Waals surface area contributed by atoms with Crippen molar-refractivity contribution >= 4 is 34.4 Å². The van der Waals surface area contributed by atoms with Gasteiger partial charge in [0.2, 0.25) is 5.91 Å². The molecule has 0 radical (unpaired) electrons. The molecule has 4 heterocycles. The van der Waals surface area contributed by atoms with Crippen molar-refractivity contribution in [2.45, 2.75) is 32.5 Å². The molecular formula is C31H35N7O2. The second kappa shape index (κ2) is 10.6. The van der Waals surface area contributed by atoms with Gasteiger partial charge in [0, 0.05) is 76.0 Å². The summed E-state index contributed by atoms with van der Waals surface area (Å²) in [6.45, 7) is 5.76. The van der Waals surface area contributed by atoms with Crippen molar-refractivity contribution in [2.24, 2.45) is 0 Å². The number of rotatable bonds is 5. The molecule has 9 nitrogen and oxygen atoms in total. The first-order chi connectivity index (χ1) is 19.4. The minimum Gasteiger partial charge on any atom is -0.378 e. The number of benzene rings is 2. The lowest BCUT2D eigenvalue weighted by Gasteiger charge is -2.42. The lowest BCUT2D eigenvalue weighted by Crippen LogP contribution is -2.55. The van der Waals surface area contributed by atoms with Crippen molar-refractivity contribution in [3.8, 4) is 0 Å². The van der Waals surface area contributed by atoms with E-state index in [9.17, 15) is 9.59 Å². The number of piperazine rings is 1. The Morgan fingerprint density at radius 2 is 1.85 bits per heavy atom. The van der Waals surface area contributed by atoms with Crippen molar-refractivity contribution in [2.75, 3.05) is 50.1 Å². The minimum atomic E-state index is 0.0509. The highest BCUT2D eigenvalue weighted by atomic mass is 16.2. The van der Waals surface area contributed by atoms with Crippen LogP contribution in [0.3, 0.4) is 0 Å². The number of hydrogen-bond acceptors (Lipinski definition) is 6. The van der Waals surface area contributed by atoms with Crippen LogP contribution in [0.4, 0.5) is 11.4 Å². The number of hydrogen-bond donors (Lipinski definition) is 0. The molecule has 9 heteroatoms. The predicted octanol–water partition coefficient (Wildman–Crippen LogP) is 3.43. The molecule has 0 spiro atoms. The largest absolute Gasteiger partial charge is 0.378 e. The standard InChI is InChI=1S/C31H35N7O2/c1-22-18-35(15-16-38(22)29(39)20-37-21-33-27-10-6-13-32-30(27)37)28-11-5-7-23-12-14-36(19-26(23)28)31(40)24-8-4-9-25(17-24)34(2)3/h4-11,13,17,21-22H,12,14-16,18-20H2,1-3H3/t22-/m1/s1. The Kier molecular flexibility index (Phi) is 6.88. The third-order valence-corrected chi connectivity index (χ3v) is 8.11. The van der Waals surface area contributed by atoms with Crippen LogP contribution < -0.4 is 9.80 Å². The zero-order valence-corrected chi connectivity index (χ0v) is 23.3. The molecule has 2 aromatic heterocycles. The fraction of sp³-hybridized carbons (Fsp3) is 0.355. The van der Waals surface area contributed by atoms with E-state index in [-0.39, 0.29) is 24.4 Å². The van der Waals surface area contributed by atoms with E-state index in [1.165, 1.54) is 16.8 Å². The van der Waals surface area contributed by atoms with Crippen LogP contribution in [-0.4, -0.2) is 82.5 Å². The van der Waals surface area contributed by atoms with Crippen LogP contribution in [0.2, 0.25) is 0 Å². The van der Waals surface area contributed by atoms with Crippen LogP contribution in [0, 0.1) is 0 Å². The van der Waals surface area contributed by atoms with E-state index >= 15 is 0 Å². The zero-order valence-electron chi connectivity index (χ0n) is 23.3. The van der Waals surface area contributed by atoms with E-state index in [1.807, 2.05) is 69.8 Å². The van der Waals surface area contributed by atoms with Crippen molar-refractivity contribution < 1.29 is 9.59 Å². The summed E-state index contributed by atoms with van der Waals surface area (Å²) >= 11 is 0. The quantitative estimate of drug-likeness (QED) is 0.388. The lowest BCUT2D eigenvalue weighted by molar-refractivity contribution is -0.134. The third-order valence-electron chi connectivity index (χ3n) is 8.11. The molecule has 4 aromatic rings. The predicted molar refractivity (Wildman–Crippen MR) is 157 cm³/mol. The molecule has 0 saturated carbocycles. The maximum Gasteiger partial charge on any atom is 0.254 e. The van der Waals surface area contributed by atoms with E-state index in [0.29, 0.717) is 25.2 Å². The minimum absolute atomic E-state index is 0.0509. The highest BCUT2D eigenvalue weighted by Gasteiger charge is 2.31. The second-order valence-electron chi connectivity index (χ2n) is 10.9. The number of imidazole rings is 1. The fourth-order valence-electron chi connectivity index (χ4n) is 5.93. The highest BCUT2D eigenvalue weighted by molar-refractivity contribution is 5.95. The topological polar surface area (TPSA) is 77.8 Å². The first-order valence-electron chi connectivity index (χ1n) is 13.9. The molecule has 206 valence electrons. The van der Waals surface area contributed by atoms with E-state index in [4.69, 9.17) is 0 Å². The first kappa shape index (κ1) is 25.9. The third kappa shape index (κ3) is 4.87. The van der Waals surface area contributed by atoms with Gasteiger partial charge in [0.15, 0.2) is 5.65 Å². The van der Waals surface area contributed by atoms with Gasteiger partial charge in [-0.2, -0.15) is 0 Å². The normalized spacial score (nSPS) is 17.2. The van der Waals surface area contributed by atoms with E-state index in [1.54, 1.807) is 12.5 Å². The molecule has 0 bridgehead atoms. The summed E-state index contributed by atoms with van der Waals surface area (Å²) < 4.78 is 1.82. The van der Waals surface area contributed by atoms with Crippen molar-refractivity contribution in [1.82, 2.24) is 24.3 Å². The lowest BCUT2D eigenvalue weighted by atomic mass is 9.96. The van der Waals surface area contributed by atoms with E-state index in [2.05, 4.69) is 40.0 Å². The number of carbonyl (C=O) groups is 2. The van der Waals surface area contributed by atoms with Crippen molar-refractivity contribution in [3.05, 3.63) is 83.8 Å². The molecule has 0 aliphatic carbocycles. The van der Waals surface area contributed by atoms with E-state index in [0.717, 1.165) is 36.4 Å². The van der Waals surface area contributed by atoms with Gasteiger partial charge in [-0.1, -0.05) is 18.2 Å². The number of aromatic nitrogens is 3. The highest BCUT2D eigenvalue weighted by Crippen LogP contribution is 2.32. The zero-order chi connectivity index (χ0) is 27.8. The fourth-order valence-corrected chi connectivity index (χ4v) is 5.93. The van der Waals surface area contributed by atoms with Gasteiger partial charge in [0.25, 0.3) is 5.91 Å². The summed E-state index contributed by atoms with van der Waals surface area (Å²) in [5, 5.41) is 0. The maximum atomic E-state index is 13.5. The van der Waals surface area contributed by atoms with E-state index < -0.39 is 0 Å². The Morgan fingerprint density at radius 3 is 2.67 bits per heavy atom. The number of fused-ring (bicyclic) bond motifs is 2. The summed E-state index contributed by atoms with van der Waals surface area (Å²) in [7, 11) is 3.97. The molecule has 6 rings (SSSR count). The van der Waals surface area contributed by atoms with Crippen LogP contribution in [-0.2, 0) is 24.3 Å². The van der Waals surface area contributed by atoms with Gasteiger partial charge in [-0.3, -0.25) is 9.59 Å². The summed E-state index contributed by atoms with van der Waals surface area (Å²) in [6.07, 6.45) is 4.25. The van der Waals surface area contributed by atoms with Crippen LogP contribution in [0.25, 0.3) is 11.2 Å². The second-order valence-corrected chi connectivity index (χ2v) is 10.9. The summed E-state index contributed by atoms with van der Waals surface area (Å²) in [4.78, 5) is 43.9. The number of carbonyl (C=O) groups excluding carboxylic acids is 2. The van der Waals surface area contributed by atoms with Crippen LogP contribution in [0.5, 0.6) is 0 Å². The van der Waals surface area contributed by atoms with Gasteiger partial charge in [-0.15, -0.1) is 0 Å². The average Bonchev–Trinajstić information content (AvgIpc) is 3.38. The van der Waals surface area contributed by atoms with Gasteiger partial charge in [0.05, 0.1) is 6.33 Å². The Labute approximate surface area is 234 Å². The molecule has 0 N–H and O–H groups in total. The van der Waals surface area contributed by atoms with Gasteiger partial charge in [-0.05, 0) is 60.9 Å². The Bertz CT molecular complexity index is 1560. The Hall–Kier alpha value is -4.40. The van der Waals surface area contributed by atoms with Crippen LogP contribution in [0.1, 0.15) is 28.4 Å². The summed E-state index contributed by atoms with van der Waals surface area (Å²) in [6, 6.07) is 18.1. The monoisotopic (exact) mass is 537 g/mol. The SMILES string of the molecule is C[C@@H]1CN(c2cccc3c2CN(C(=O)c2cccc(N(C)C)c2)CC3)CCN1C(=O)Cn1cnc2cccnc21. The molecule has 1 saturated heterocycles. The summed E-state index contributed by atoms with van der Waals surface area (Å²) in [5.41, 5.74) is 6.94. The van der Waals surface area contributed by atoms with Gasteiger partial charge in [0.1, 0.15) is 12.1 Å². The van der Waals surface area contributed by atoms with Crippen molar-refractivity contribution in [3.63, 3.8) is 0 Å². The molecule has 2 aromatic carbocycles. The molecule has 1 atom stereocenters. The molecule has 1 fully saturated rings. The Morgan fingerprint density at radius 1 is 1.00 bits per heavy atom. The average molecular weight is 538 g/mol. The van der Waals surface area contributed by atoms with Crippen molar-refractivity contribution in [1.29, 1.82) is 0 Å². The Balaban J connectivity index is 1.16. The molecule has 2 amide bonds. The molecule has 2 aliphatic rings. The number of amides is 2.